The lowest BCUT2D eigenvalue weighted by Crippen LogP contribution is -2.65. The monoisotopic (exact) mass is 599 g/mol. The summed E-state index contributed by atoms with van der Waals surface area (Å²) in [5.41, 5.74) is 1.78. The van der Waals surface area contributed by atoms with E-state index < -0.39 is 23.5 Å². The number of amides is 4. The number of likely N-dealkylation sites (N-methyl/N-ethyl adjacent to an activating group) is 1. The lowest BCUT2D eigenvalue weighted by Gasteiger charge is -2.50. The molecule has 0 bridgehead atoms. The van der Waals surface area contributed by atoms with Crippen molar-refractivity contribution in [1.29, 1.82) is 0 Å². The number of rotatable bonds is 9. The van der Waals surface area contributed by atoms with Gasteiger partial charge >= 0.3 is 0 Å². The van der Waals surface area contributed by atoms with Crippen molar-refractivity contribution < 1.29 is 23.9 Å². The minimum atomic E-state index is -0.934. The average molecular weight is 600 g/mol. The molecule has 0 unspecified atom stereocenters. The van der Waals surface area contributed by atoms with Crippen molar-refractivity contribution in [2.75, 3.05) is 33.2 Å². The van der Waals surface area contributed by atoms with E-state index in [0.717, 1.165) is 22.9 Å². The Morgan fingerprint density at radius 1 is 0.977 bits per heavy atom. The molecule has 3 aliphatic rings. The molecular formula is C34H41N5O5. The summed E-state index contributed by atoms with van der Waals surface area (Å²) in [4.78, 5) is 60.8. The van der Waals surface area contributed by atoms with E-state index >= 15 is 0 Å². The second kappa shape index (κ2) is 11.4. The van der Waals surface area contributed by atoms with E-state index in [4.69, 9.17) is 4.74 Å². The molecule has 1 saturated carbocycles. The normalized spacial score (nSPS) is 22.7. The smallest absolute Gasteiger partial charge is 0.256 e. The molecule has 2 saturated heterocycles. The molecule has 3 aromatic rings. The maximum absolute atomic E-state index is 14.1. The number of fused-ring (bicyclic) bond motifs is 1. The van der Waals surface area contributed by atoms with E-state index in [2.05, 4.69) is 29.5 Å². The molecule has 0 radical (unpaired) electrons. The second-order valence-electron chi connectivity index (χ2n) is 13.4. The fraction of sp³-hybridized carbons (Fsp3) is 0.471. The Morgan fingerprint density at radius 2 is 1.64 bits per heavy atom. The predicted octanol–water partition coefficient (Wildman–Crippen LogP) is 2.95. The van der Waals surface area contributed by atoms with Crippen LogP contribution in [-0.4, -0.2) is 83.8 Å². The van der Waals surface area contributed by atoms with Gasteiger partial charge in [0, 0.05) is 61.7 Å². The molecule has 1 aromatic heterocycles. The van der Waals surface area contributed by atoms with Crippen LogP contribution in [0.1, 0.15) is 43.1 Å². The number of H-pyrrole nitrogens is 1. The molecule has 3 fully saturated rings. The largest absolute Gasteiger partial charge is 0.371 e. The van der Waals surface area contributed by atoms with E-state index in [9.17, 15) is 19.2 Å². The number of nitrogens with zero attached hydrogens (tertiary/aromatic N) is 2. The lowest BCUT2D eigenvalue weighted by molar-refractivity contribution is -0.152. The van der Waals surface area contributed by atoms with Crippen molar-refractivity contribution in [1.82, 2.24) is 25.4 Å². The summed E-state index contributed by atoms with van der Waals surface area (Å²) in [5.74, 6) is -1.32. The molecule has 10 nitrogen and oxygen atoms in total. The minimum Gasteiger partial charge on any atom is -0.371 e. The van der Waals surface area contributed by atoms with Gasteiger partial charge in [-0.3, -0.25) is 19.2 Å². The van der Waals surface area contributed by atoms with Crippen molar-refractivity contribution in [3.8, 4) is 0 Å². The number of benzene rings is 2. The third kappa shape index (κ3) is 5.47. The maximum Gasteiger partial charge on any atom is 0.256 e. The summed E-state index contributed by atoms with van der Waals surface area (Å²) in [7, 11) is 1.53. The minimum absolute atomic E-state index is 0.000251. The van der Waals surface area contributed by atoms with Gasteiger partial charge in [0.05, 0.1) is 24.2 Å². The van der Waals surface area contributed by atoms with Crippen molar-refractivity contribution in [2.24, 2.45) is 22.7 Å². The zero-order valence-electron chi connectivity index (χ0n) is 25.8. The Morgan fingerprint density at radius 3 is 2.32 bits per heavy atom. The van der Waals surface area contributed by atoms with Crippen molar-refractivity contribution in [3.63, 3.8) is 0 Å². The Kier molecular flexibility index (Phi) is 7.73. The van der Waals surface area contributed by atoms with Crippen molar-refractivity contribution in [3.05, 3.63) is 71.9 Å². The van der Waals surface area contributed by atoms with Crippen LogP contribution in [0.5, 0.6) is 0 Å². The first-order valence-corrected chi connectivity index (χ1v) is 15.3. The van der Waals surface area contributed by atoms with Gasteiger partial charge in [-0.1, -0.05) is 62.4 Å². The first-order chi connectivity index (χ1) is 21.0. The quantitative estimate of drug-likeness (QED) is 0.349. The number of aromatic amines is 1. The molecule has 4 atom stereocenters. The molecule has 10 heteroatoms. The summed E-state index contributed by atoms with van der Waals surface area (Å²) in [6, 6.07) is 16.3. The summed E-state index contributed by atoms with van der Waals surface area (Å²) in [5, 5.41) is 6.43. The fourth-order valence-electron chi connectivity index (χ4n) is 6.91. The average Bonchev–Trinajstić information content (AvgIpc) is 3.33. The van der Waals surface area contributed by atoms with Crippen molar-refractivity contribution >= 4 is 34.5 Å². The number of ether oxygens (including phenoxy) is 1. The van der Waals surface area contributed by atoms with E-state index in [1.165, 1.54) is 7.05 Å². The Labute approximate surface area is 257 Å². The fourth-order valence-corrected chi connectivity index (χ4v) is 6.91. The molecule has 3 N–H and O–H groups in total. The molecule has 6 rings (SSSR count). The predicted molar refractivity (Wildman–Crippen MR) is 165 cm³/mol. The van der Waals surface area contributed by atoms with Crippen LogP contribution in [0.15, 0.2) is 60.8 Å². The van der Waals surface area contributed by atoms with Crippen LogP contribution in [-0.2, 0) is 25.7 Å². The molecule has 2 aliphatic heterocycles. The van der Waals surface area contributed by atoms with Crippen LogP contribution in [0.25, 0.3) is 10.9 Å². The second-order valence-corrected chi connectivity index (χ2v) is 13.4. The van der Waals surface area contributed by atoms with Crippen LogP contribution < -0.4 is 10.6 Å². The third-order valence-corrected chi connectivity index (χ3v) is 9.86. The van der Waals surface area contributed by atoms with Gasteiger partial charge in [0.1, 0.15) is 6.04 Å². The number of para-hydroxylation sites is 1. The van der Waals surface area contributed by atoms with E-state index in [-0.39, 0.29) is 41.5 Å². The number of likely N-dealkylation sites (tertiary alicyclic amines) is 2. The summed E-state index contributed by atoms with van der Waals surface area (Å²) >= 11 is 0. The maximum atomic E-state index is 14.1. The molecule has 1 spiro atoms. The third-order valence-electron chi connectivity index (χ3n) is 9.86. The van der Waals surface area contributed by atoms with Crippen LogP contribution in [0, 0.1) is 22.7 Å². The molecule has 232 valence electrons. The van der Waals surface area contributed by atoms with Gasteiger partial charge in [-0.25, -0.2) is 0 Å². The molecule has 44 heavy (non-hydrogen) atoms. The first-order valence-electron chi connectivity index (χ1n) is 15.3. The highest BCUT2D eigenvalue weighted by molar-refractivity contribution is 6.07. The summed E-state index contributed by atoms with van der Waals surface area (Å²) in [6.07, 6.45) is 1.96. The van der Waals surface area contributed by atoms with Gasteiger partial charge in [0.25, 0.3) is 5.91 Å². The lowest BCUT2D eigenvalue weighted by atomic mass is 9.70. The molecule has 2 aromatic carbocycles. The van der Waals surface area contributed by atoms with Gasteiger partial charge in [0.15, 0.2) is 0 Å². The number of carbonyl (C=O) groups is 4. The molecule has 3 heterocycles. The number of nitrogens with one attached hydrogen (secondary N) is 3. The summed E-state index contributed by atoms with van der Waals surface area (Å²) in [6.45, 7) is 7.60. The number of aromatic nitrogens is 1. The van der Waals surface area contributed by atoms with Gasteiger partial charge in [-0.05, 0) is 30.4 Å². The number of carbonyl (C=O) groups excluding carboxylic acids is 4. The molecular weight excluding hydrogens is 558 g/mol. The zero-order valence-corrected chi connectivity index (χ0v) is 25.8. The number of hydrogen-bond donors (Lipinski definition) is 3. The molecule has 4 amide bonds. The highest BCUT2D eigenvalue weighted by Gasteiger charge is 2.62. The van der Waals surface area contributed by atoms with Gasteiger partial charge in [0.2, 0.25) is 17.7 Å². The standard InChI is InChI=1S/C34H41N5O5/c1-21(44-17-22-10-6-5-7-11-22)28(30(41)35-4)37-29(40)26-16-38(31(42)24-15-36-27-13-9-8-12-23(24)27)18-34(26)19-39(20-34)32(43)25-14-33(25,2)3/h5-13,15,21,25-26,28,36H,14,16-20H2,1-4H3,(H,35,41)(H,37,40)/t21-,25-,26+,28+/m1/s1. The summed E-state index contributed by atoms with van der Waals surface area (Å²) < 4.78 is 6.02. The highest BCUT2D eigenvalue weighted by Crippen LogP contribution is 2.54. The molecule has 1 aliphatic carbocycles. The topological polar surface area (TPSA) is 124 Å². The van der Waals surface area contributed by atoms with E-state index in [1.807, 2.05) is 59.5 Å². The van der Waals surface area contributed by atoms with Crippen LogP contribution in [0.2, 0.25) is 0 Å². The van der Waals surface area contributed by atoms with Gasteiger partial charge in [-0.15, -0.1) is 0 Å². The van der Waals surface area contributed by atoms with Crippen LogP contribution in [0.4, 0.5) is 0 Å². The van der Waals surface area contributed by atoms with Crippen LogP contribution >= 0.6 is 0 Å². The highest BCUT2D eigenvalue weighted by atomic mass is 16.5. The van der Waals surface area contributed by atoms with Gasteiger partial charge in [-0.2, -0.15) is 0 Å². The Bertz CT molecular complexity index is 1580. The SMILES string of the molecule is CNC(=O)[C@@H](NC(=O)[C@@H]1CN(C(=O)c2c[nH]c3ccccc23)CC12CN(C(=O)[C@H]1CC1(C)C)C2)[C@@H](C)OCc1ccccc1. The Hall–Kier alpha value is -4.18. The van der Waals surface area contributed by atoms with Crippen molar-refractivity contribution in [2.45, 2.75) is 45.9 Å². The number of hydrogen-bond acceptors (Lipinski definition) is 5. The van der Waals surface area contributed by atoms with Gasteiger partial charge < -0.3 is 30.2 Å². The van der Waals surface area contributed by atoms with E-state index in [1.54, 1.807) is 18.0 Å². The Balaban J connectivity index is 1.21. The van der Waals surface area contributed by atoms with Crippen LogP contribution in [0.3, 0.4) is 0 Å². The van der Waals surface area contributed by atoms with E-state index in [0.29, 0.717) is 31.8 Å². The first kappa shape index (κ1) is 29.9. The zero-order chi connectivity index (χ0) is 31.2.